The number of hydrogen-bond acceptors (Lipinski definition) is 6. The van der Waals surface area contributed by atoms with Gasteiger partial charge in [0.2, 0.25) is 0 Å². The maximum atomic E-state index is 10.9. The fourth-order valence-electron chi connectivity index (χ4n) is 1.38. The molecule has 0 aliphatic carbocycles. The molecule has 9 heteroatoms. The minimum Gasteiger partial charge on any atom is -0.477 e. The van der Waals surface area contributed by atoms with Gasteiger partial charge in [0.05, 0.1) is 4.92 Å². The summed E-state index contributed by atoms with van der Waals surface area (Å²) in [4.78, 5) is 21.5. The van der Waals surface area contributed by atoms with Gasteiger partial charge in [-0.15, -0.1) is 10.2 Å². The fraction of sp³-hybridized carbons (Fsp3) is 0.100. The van der Waals surface area contributed by atoms with Crippen LogP contribution in [0.4, 0.5) is 5.69 Å². The number of nitro benzene ring substituents is 1. The molecular formula is C10H8N4O4S. The molecule has 0 radical (unpaired) electrons. The number of aryl methyl sites for hydroxylation is 1. The number of carboxylic acids is 1. The van der Waals surface area contributed by atoms with Crippen LogP contribution in [0, 0.1) is 10.1 Å². The third-order valence-electron chi connectivity index (χ3n) is 2.28. The number of nitrogens with zero attached hydrogens (tertiary/aromatic N) is 4. The van der Waals surface area contributed by atoms with E-state index in [0.717, 1.165) is 11.8 Å². The standard InChI is InChI=1S/C10H8N4O4S/c1-13-5-11-12-10(13)19-6-2-3-7(9(15)16)8(4-6)14(17)18/h2-5H,1H3,(H,15,16). The van der Waals surface area contributed by atoms with Crippen LogP contribution in [0.3, 0.4) is 0 Å². The second-order valence-corrected chi connectivity index (χ2v) is 4.61. The molecule has 1 aromatic heterocycles. The zero-order chi connectivity index (χ0) is 14.0. The molecule has 0 aliphatic rings. The van der Waals surface area contributed by atoms with Crippen molar-refractivity contribution in [3.8, 4) is 0 Å². The Morgan fingerprint density at radius 2 is 2.26 bits per heavy atom. The van der Waals surface area contributed by atoms with Crippen molar-refractivity contribution in [2.24, 2.45) is 7.05 Å². The summed E-state index contributed by atoms with van der Waals surface area (Å²) in [7, 11) is 1.74. The monoisotopic (exact) mass is 280 g/mol. The lowest BCUT2D eigenvalue weighted by Crippen LogP contribution is -2.02. The molecule has 0 unspecified atom stereocenters. The summed E-state index contributed by atoms with van der Waals surface area (Å²) in [5, 5.41) is 27.8. The van der Waals surface area contributed by atoms with Crippen LogP contribution in [0.1, 0.15) is 10.4 Å². The molecule has 0 bridgehead atoms. The molecule has 8 nitrogen and oxygen atoms in total. The van der Waals surface area contributed by atoms with Crippen molar-refractivity contribution in [1.29, 1.82) is 0 Å². The minimum atomic E-state index is -1.33. The molecule has 0 aliphatic heterocycles. The van der Waals surface area contributed by atoms with E-state index in [4.69, 9.17) is 5.11 Å². The Morgan fingerprint density at radius 3 is 2.79 bits per heavy atom. The van der Waals surface area contributed by atoms with E-state index in [1.807, 2.05) is 0 Å². The molecule has 0 saturated heterocycles. The van der Waals surface area contributed by atoms with Crippen LogP contribution >= 0.6 is 11.8 Å². The van der Waals surface area contributed by atoms with E-state index in [0.29, 0.717) is 10.1 Å². The topological polar surface area (TPSA) is 111 Å². The van der Waals surface area contributed by atoms with Gasteiger partial charge in [-0.25, -0.2) is 4.79 Å². The van der Waals surface area contributed by atoms with E-state index in [2.05, 4.69) is 10.2 Å². The fourth-order valence-corrected chi connectivity index (χ4v) is 2.17. The van der Waals surface area contributed by atoms with Crippen molar-refractivity contribution in [3.63, 3.8) is 0 Å². The first-order valence-electron chi connectivity index (χ1n) is 5.02. The normalized spacial score (nSPS) is 10.4. The number of aromatic nitrogens is 3. The third-order valence-corrected chi connectivity index (χ3v) is 3.32. The molecule has 0 saturated carbocycles. The first-order chi connectivity index (χ1) is 8.99. The highest BCUT2D eigenvalue weighted by Gasteiger charge is 2.20. The van der Waals surface area contributed by atoms with Gasteiger partial charge in [0, 0.05) is 18.0 Å². The van der Waals surface area contributed by atoms with Gasteiger partial charge in [0.1, 0.15) is 11.9 Å². The summed E-state index contributed by atoms with van der Waals surface area (Å²) in [5.41, 5.74) is -0.785. The highest BCUT2D eigenvalue weighted by molar-refractivity contribution is 7.99. The Labute approximate surface area is 111 Å². The number of nitro groups is 1. The lowest BCUT2D eigenvalue weighted by Gasteiger charge is -2.02. The Kier molecular flexibility index (Phi) is 3.47. The molecule has 1 aromatic carbocycles. The smallest absolute Gasteiger partial charge is 0.342 e. The van der Waals surface area contributed by atoms with Gasteiger partial charge >= 0.3 is 5.97 Å². The van der Waals surface area contributed by atoms with E-state index in [9.17, 15) is 14.9 Å². The Morgan fingerprint density at radius 1 is 1.53 bits per heavy atom. The summed E-state index contributed by atoms with van der Waals surface area (Å²) in [5.74, 6) is -1.33. The Balaban J connectivity index is 2.39. The molecule has 0 amide bonds. The number of aromatic carboxylic acids is 1. The van der Waals surface area contributed by atoms with Crippen LogP contribution in [0.25, 0.3) is 0 Å². The van der Waals surface area contributed by atoms with Crippen LogP contribution in [0.2, 0.25) is 0 Å². The lowest BCUT2D eigenvalue weighted by molar-refractivity contribution is -0.385. The molecule has 0 fully saturated rings. The van der Waals surface area contributed by atoms with Gasteiger partial charge in [-0.2, -0.15) is 0 Å². The second-order valence-electron chi connectivity index (χ2n) is 3.57. The van der Waals surface area contributed by atoms with Crippen molar-refractivity contribution in [2.75, 3.05) is 0 Å². The zero-order valence-electron chi connectivity index (χ0n) is 9.68. The number of benzene rings is 1. The third kappa shape index (κ3) is 2.71. The molecule has 98 valence electrons. The van der Waals surface area contributed by atoms with E-state index < -0.39 is 16.6 Å². The van der Waals surface area contributed by atoms with Gasteiger partial charge in [0.25, 0.3) is 5.69 Å². The van der Waals surface area contributed by atoms with Crippen molar-refractivity contribution in [3.05, 3.63) is 40.2 Å². The molecular weight excluding hydrogens is 272 g/mol. The van der Waals surface area contributed by atoms with Crippen LogP contribution in [-0.4, -0.2) is 30.8 Å². The van der Waals surface area contributed by atoms with E-state index in [-0.39, 0.29) is 5.56 Å². The lowest BCUT2D eigenvalue weighted by atomic mass is 10.2. The molecule has 1 N–H and O–H groups in total. The molecule has 2 aromatic rings. The Hall–Kier alpha value is -2.42. The van der Waals surface area contributed by atoms with E-state index in [1.165, 1.54) is 24.5 Å². The number of rotatable bonds is 4. The Bertz CT molecular complexity index is 655. The number of hydrogen-bond donors (Lipinski definition) is 1. The van der Waals surface area contributed by atoms with Gasteiger partial charge < -0.3 is 9.67 Å². The van der Waals surface area contributed by atoms with Crippen molar-refractivity contribution < 1.29 is 14.8 Å². The minimum absolute atomic E-state index is 0.340. The van der Waals surface area contributed by atoms with Crippen molar-refractivity contribution >= 4 is 23.4 Å². The maximum absolute atomic E-state index is 10.9. The molecule has 19 heavy (non-hydrogen) atoms. The number of carboxylic acid groups (broad SMARTS) is 1. The second kappa shape index (κ2) is 5.06. The first kappa shape index (κ1) is 13.0. The average molecular weight is 280 g/mol. The predicted molar refractivity (Wildman–Crippen MR) is 65.2 cm³/mol. The van der Waals surface area contributed by atoms with Crippen LogP contribution < -0.4 is 0 Å². The van der Waals surface area contributed by atoms with Crippen LogP contribution in [0.15, 0.2) is 34.6 Å². The summed E-state index contributed by atoms with van der Waals surface area (Å²) >= 11 is 1.16. The highest BCUT2D eigenvalue weighted by Crippen LogP contribution is 2.30. The van der Waals surface area contributed by atoms with Gasteiger partial charge in [-0.1, -0.05) is 0 Å². The van der Waals surface area contributed by atoms with E-state index >= 15 is 0 Å². The molecule has 2 rings (SSSR count). The summed E-state index contributed by atoms with van der Waals surface area (Å²) in [6.07, 6.45) is 1.50. The molecule has 0 spiro atoms. The van der Waals surface area contributed by atoms with Crippen molar-refractivity contribution in [1.82, 2.24) is 14.8 Å². The quantitative estimate of drug-likeness (QED) is 0.668. The van der Waals surface area contributed by atoms with Crippen LogP contribution in [0.5, 0.6) is 0 Å². The highest BCUT2D eigenvalue weighted by atomic mass is 32.2. The zero-order valence-corrected chi connectivity index (χ0v) is 10.5. The largest absolute Gasteiger partial charge is 0.477 e. The summed E-state index contributed by atoms with van der Waals surface area (Å²) in [6, 6.07) is 3.91. The van der Waals surface area contributed by atoms with E-state index in [1.54, 1.807) is 11.6 Å². The van der Waals surface area contributed by atoms with Crippen LogP contribution in [-0.2, 0) is 7.05 Å². The molecule has 0 atom stereocenters. The average Bonchev–Trinajstić information content (AvgIpc) is 2.74. The molecule has 1 heterocycles. The summed E-state index contributed by atoms with van der Waals surface area (Å²) in [6.45, 7) is 0. The van der Waals surface area contributed by atoms with Crippen molar-refractivity contribution in [2.45, 2.75) is 10.1 Å². The summed E-state index contributed by atoms with van der Waals surface area (Å²) < 4.78 is 1.65. The van der Waals surface area contributed by atoms with Gasteiger partial charge in [-0.05, 0) is 23.9 Å². The predicted octanol–water partition coefficient (Wildman–Crippen LogP) is 1.57. The van der Waals surface area contributed by atoms with Gasteiger partial charge in [-0.3, -0.25) is 10.1 Å². The van der Waals surface area contributed by atoms with Gasteiger partial charge in [0.15, 0.2) is 5.16 Å². The first-order valence-corrected chi connectivity index (χ1v) is 5.84. The number of carbonyl (C=O) groups is 1. The maximum Gasteiger partial charge on any atom is 0.342 e. The SMILES string of the molecule is Cn1cnnc1Sc1ccc(C(=O)O)c([N+](=O)[O-])c1.